The Labute approximate surface area is 159 Å². The van der Waals surface area contributed by atoms with Crippen molar-refractivity contribution in [2.24, 2.45) is 4.99 Å². The van der Waals surface area contributed by atoms with E-state index in [0.717, 1.165) is 27.6 Å². The van der Waals surface area contributed by atoms with E-state index in [2.05, 4.69) is 0 Å². The van der Waals surface area contributed by atoms with E-state index in [4.69, 9.17) is 9.73 Å². The van der Waals surface area contributed by atoms with Crippen LogP contribution in [0.4, 0.5) is 11.4 Å². The number of ether oxygens (including phenoxy) is 1. The SMILES string of the molecule is CCOc1cccc2c1N([O])C(C)(c1ccccc1)C2=Nc1ccccc1. The number of benzene rings is 3. The first-order chi connectivity index (χ1) is 13.2. The minimum atomic E-state index is -0.938. The number of hydroxylamine groups is 1. The lowest BCUT2D eigenvalue weighted by Gasteiger charge is -2.31. The fraction of sp³-hybridized carbons (Fsp3) is 0.174. The molecule has 0 saturated carbocycles. The van der Waals surface area contributed by atoms with E-state index in [0.29, 0.717) is 18.0 Å². The van der Waals surface area contributed by atoms with Crippen LogP contribution in [0.1, 0.15) is 25.0 Å². The first-order valence-corrected chi connectivity index (χ1v) is 9.09. The molecule has 3 aromatic rings. The lowest BCUT2D eigenvalue weighted by Crippen LogP contribution is -2.42. The van der Waals surface area contributed by atoms with Gasteiger partial charge in [-0.15, -0.1) is 0 Å². The Morgan fingerprint density at radius 2 is 1.59 bits per heavy atom. The van der Waals surface area contributed by atoms with Crippen LogP contribution in [0.2, 0.25) is 0 Å². The van der Waals surface area contributed by atoms with E-state index in [1.807, 2.05) is 92.7 Å². The fourth-order valence-corrected chi connectivity index (χ4v) is 3.59. The van der Waals surface area contributed by atoms with Crippen molar-refractivity contribution < 1.29 is 9.94 Å². The van der Waals surface area contributed by atoms with Gasteiger partial charge in [-0.1, -0.05) is 65.9 Å². The third-order valence-electron chi connectivity index (χ3n) is 4.96. The van der Waals surface area contributed by atoms with Gasteiger partial charge in [0.1, 0.15) is 17.0 Å². The van der Waals surface area contributed by atoms with Crippen LogP contribution in [0.5, 0.6) is 5.75 Å². The number of rotatable bonds is 4. The van der Waals surface area contributed by atoms with Crippen LogP contribution >= 0.6 is 0 Å². The molecule has 1 atom stereocenters. The Bertz CT molecular complexity index is 970. The number of nitrogens with zero attached hydrogens (tertiary/aromatic N) is 2. The summed E-state index contributed by atoms with van der Waals surface area (Å²) in [5, 5.41) is 14.6. The number of aliphatic imine (C=N–C) groups is 1. The van der Waals surface area contributed by atoms with E-state index < -0.39 is 5.54 Å². The average Bonchev–Trinajstić information content (AvgIpc) is 2.93. The van der Waals surface area contributed by atoms with Crippen molar-refractivity contribution in [3.63, 3.8) is 0 Å². The standard InChI is InChI=1S/C23H21N2O2/c1-3-27-20-16-10-15-19-21(20)25(26)23(2,17-11-6-4-7-12-17)22(19)24-18-13-8-5-9-14-18/h4-16H,3H2,1-2H3. The molecule has 0 N–H and O–H groups in total. The number of fused-ring (bicyclic) bond motifs is 1. The summed E-state index contributed by atoms with van der Waals surface area (Å²) in [5.41, 5.74) is 2.86. The number of hydrogen-bond donors (Lipinski definition) is 0. The van der Waals surface area contributed by atoms with Crippen LogP contribution in [0.3, 0.4) is 0 Å². The second-order valence-corrected chi connectivity index (χ2v) is 6.61. The average molecular weight is 357 g/mol. The van der Waals surface area contributed by atoms with Gasteiger partial charge in [0.25, 0.3) is 0 Å². The van der Waals surface area contributed by atoms with Crippen LogP contribution in [0.25, 0.3) is 0 Å². The summed E-state index contributed by atoms with van der Waals surface area (Å²) >= 11 is 0. The predicted molar refractivity (Wildman–Crippen MR) is 107 cm³/mol. The Balaban J connectivity index is 1.98. The highest BCUT2D eigenvalue weighted by molar-refractivity contribution is 6.18. The summed E-state index contributed by atoms with van der Waals surface area (Å²) in [6.45, 7) is 4.34. The van der Waals surface area contributed by atoms with Crippen LogP contribution in [0.15, 0.2) is 83.9 Å². The number of hydrogen-bond acceptors (Lipinski definition) is 3. The number of para-hydroxylation sites is 2. The predicted octanol–water partition coefficient (Wildman–Crippen LogP) is 5.29. The summed E-state index contributed by atoms with van der Waals surface area (Å²) in [4.78, 5) is 4.90. The molecule has 1 aliphatic heterocycles. The molecule has 1 aliphatic rings. The molecule has 0 amide bonds. The molecular weight excluding hydrogens is 336 g/mol. The minimum absolute atomic E-state index is 0.498. The molecule has 135 valence electrons. The molecule has 3 aromatic carbocycles. The molecule has 1 unspecified atom stereocenters. The van der Waals surface area contributed by atoms with Gasteiger partial charge < -0.3 is 4.74 Å². The molecule has 0 fully saturated rings. The van der Waals surface area contributed by atoms with Gasteiger partial charge in [0.05, 0.1) is 18.0 Å². The molecule has 0 saturated heterocycles. The molecule has 4 heteroatoms. The maximum absolute atomic E-state index is 13.6. The van der Waals surface area contributed by atoms with Gasteiger partial charge in [-0.25, -0.2) is 4.99 Å². The maximum Gasteiger partial charge on any atom is 0.145 e. The van der Waals surface area contributed by atoms with Gasteiger partial charge in [-0.3, -0.25) is 0 Å². The zero-order valence-electron chi connectivity index (χ0n) is 15.4. The quantitative estimate of drug-likeness (QED) is 0.637. The van der Waals surface area contributed by atoms with Crippen molar-refractivity contribution in [3.05, 3.63) is 90.0 Å². The van der Waals surface area contributed by atoms with Gasteiger partial charge in [-0.2, -0.15) is 5.06 Å². The summed E-state index contributed by atoms with van der Waals surface area (Å²) in [6, 6.07) is 25.2. The highest BCUT2D eigenvalue weighted by Crippen LogP contribution is 2.49. The Morgan fingerprint density at radius 1 is 0.926 bits per heavy atom. The molecular formula is C23H21N2O2. The van der Waals surface area contributed by atoms with Crippen molar-refractivity contribution in [1.29, 1.82) is 0 Å². The van der Waals surface area contributed by atoms with Gasteiger partial charge in [0.2, 0.25) is 0 Å². The van der Waals surface area contributed by atoms with Gasteiger partial charge in [0, 0.05) is 5.56 Å². The summed E-state index contributed by atoms with van der Waals surface area (Å²) in [5.74, 6) is 0.588. The smallest absolute Gasteiger partial charge is 0.145 e. The van der Waals surface area contributed by atoms with Gasteiger partial charge in [-0.05, 0) is 37.6 Å². The summed E-state index contributed by atoms with van der Waals surface area (Å²) < 4.78 is 5.75. The van der Waals surface area contributed by atoms with Crippen molar-refractivity contribution >= 4 is 17.1 Å². The molecule has 4 rings (SSSR count). The minimum Gasteiger partial charge on any atom is -0.492 e. The second-order valence-electron chi connectivity index (χ2n) is 6.61. The highest BCUT2D eigenvalue weighted by atomic mass is 16.5. The monoisotopic (exact) mass is 357 g/mol. The highest BCUT2D eigenvalue weighted by Gasteiger charge is 2.49. The first kappa shape index (κ1) is 17.3. The molecule has 0 spiro atoms. The molecule has 0 bridgehead atoms. The second kappa shape index (κ2) is 6.89. The van der Waals surface area contributed by atoms with Crippen LogP contribution in [0, 0.1) is 0 Å². The molecule has 27 heavy (non-hydrogen) atoms. The molecule has 1 radical (unpaired) electrons. The van der Waals surface area contributed by atoms with Crippen LogP contribution in [-0.2, 0) is 10.7 Å². The molecule has 0 aromatic heterocycles. The third kappa shape index (κ3) is 2.78. The van der Waals surface area contributed by atoms with Crippen LogP contribution in [-0.4, -0.2) is 12.3 Å². The van der Waals surface area contributed by atoms with E-state index in [9.17, 15) is 5.21 Å². The fourth-order valence-electron chi connectivity index (χ4n) is 3.59. The maximum atomic E-state index is 13.6. The largest absolute Gasteiger partial charge is 0.492 e. The van der Waals surface area contributed by atoms with Gasteiger partial charge in [0.15, 0.2) is 0 Å². The van der Waals surface area contributed by atoms with Gasteiger partial charge >= 0.3 is 0 Å². The van der Waals surface area contributed by atoms with Crippen molar-refractivity contribution in [2.45, 2.75) is 19.4 Å². The topological polar surface area (TPSA) is 44.7 Å². The first-order valence-electron chi connectivity index (χ1n) is 9.09. The molecule has 1 heterocycles. The summed E-state index contributed by atoms with van der Waals surface area (Å²) in [7, 11) is 0. The lowest BCUT2D eigenvalue weighted by atomic mass is 9.86. The Hall–Kier alpha value is -3.11. The van der Waals surface area contributed by atoms with Crippen LogP contribution < -0.4 is 9.80 Å². The lowest BCUT2D eigenvalue weighted by molar-refractivity contribution is 0.116. The van der Waals surface area contributed by atoms with Crippen molar-refractivity contribution in [1.82, 2.24) is 0 Å². The Morgan fingerprint density at radius 3 is 2.26 bits per heavy atom. The zero-order chi connectivity index (χ0) is 18.9. The van der Waals surface area contributed by atoms with Crippen molar-refractivity contribution in [3.8, 4) is 5.75 Å². The van der Waals surface area contributed by atoms with E-state index >= 15 is 0 Å². The molecule has 4 nitrogen and oxygen atoms in total. The normalized spacial score (nSPS) is 20.0. The molecule has 0 aliphatic carbocycles. The van der Waals surface area contributed by atoms with E-state index in [-0.39, 0.29) is 0 Å². The zero-order valence-corrected chi connectivity index (χ0v) is 15.4. The number of anilines is 1. The third-order valence-corrected chi connectivity index (χ3v) is 4.96. The van der Waals surface area contributed by atoms with E-state index in [1.54, 1.807) is 0 Å². The Kier molecular flexibility index (Phi) is 4.42. The van der Waals surface area contributed by atoms with Crippen molar-refractivity contribution in [2.75, 3.05) is 11.7 Å². The van der Waals surface area contributed by atoms with E-state index in [1.165, 1.54) is 0 Å². The summed E-state index contributed by atoms with van der Waals surface area (Å²) in [6.07, 6.45) is 0.